The highest BCUT2D eigenvalue weighted by Gasteiger charge is 2.37. The topological polar surface area (TPSA) is 109 Å². The van der Waals surface area contributed by atoms with Crippen LogP contribution >= 0.6 is 11.6 Å². The predicted molar refractivity (Wildman–Crippen MR) is 135 cm³/mol. The summed E-state index contributed by atoms with van der Waals surface area (Å²) >= 11 is 5.94. The largest absolute Gasteiger partial charge is 0.377 e. The monoisotopic (exact) mass is 497 g/mol. The van der Waals surface area contributed by atoms with Crippen molar-refractivity contribution < 1.29 is 14.6 Å². The van der Waals surface area contributed by atoms with Crippen LogP contribution in [0.15, 0.2) is 71.8 Å². The average Bonchev–Trinajstić information content (AvgIpc) is 3.24. The Morgan fingerprint density at radius 2 is 2.03 bits per heavy atom. The van der Waals surface area contributed by atoms with Gasteiger partial charge >= 0.3 is 0 Å². The van der Waals surface area contributed by atoms with Gasteiger partial charge in [0.25, 0.3) is 5.56 Å². The minimum atomic E-state index is -0.999. The van der Waals surface area contributed by atoms with Gasteiger partial charge in [0.05, 0.1) is 18.0 Å². The number of anilines is 2. The van der Waals surface area contributed by atoms with Crippen molar-refractivity contribution in [1.82, 2.24) is 14.5 Å². The number of aliphatic hydroxyl groups is 1. The fraction of sp³-hybridized carbons (Fsp3) is 0.320. The summed E-state index contributed by atoms with van der Waals surface area (Å²) in [6.45, 7) is 2.97. The number of carbonyl (C=O) groups excluding carboxylic acids is 1. The Hall–Kier alpha value is -3.24. The van der Waals surface area contributed by atoms with Crippen LogP contribution in [0.25, 0.3) is 5.69 Å². The molecular formula is C25H28ClN5O4. The molecule has 1 aromatic carbocycles. The number of carbonyl (C=O) groups is 1. The molecule has 3 aromatic rings. The van der Waals surface area contributed by atoms with E-state index < -0.39 is 6.35 Å². The van der Waals surface area contributed by atoms with Gasteiger partial charge in [-0.15, -0.1) is 0 Å². The highest BCUT2D eigenvalue weighted by atomic mass is 35.5. The molecule has 3 N–H and O–H groups in total. The molecule has 1 aliphatic heterocycles. The molecule has 35 heavy (non-hydrogen) atoms. The van der Waals surface area contributed by atoms with Crippen LogP contribution in [0.4, 0.5) is 11.5 Å². The second kappa shape index (κ2) is 11.5. The first kappa shape index (κ1) is 24.9. The molecular weight excluding hydrogens is 470 g/mol. The molecule has 1 amide bonds. The molecule has 184 valence electrons. The highest BCUT2D eigenvalue weighted by molar-refractivity contribution is 6.30. The normalized spacial score (nSPS) is 18.8. The first-order valence-electron chi connectivity index (χ1n) is 11.4. The van der Waals surface area contributed by atoms with Crippen molar-refractivity contribution in [2.75, 3.05) is 23.8 Å². The van der Waals surface area contributed by atoms with E-state index >= 15 is 0 Å². The lowest BCUT2D eigenvalue weighted by Crippen LogP contribution is -2.45. The zero-order chi connectivity index (χ0) is 24.8. The van der Waals surface area contributed by atoms with E-state index in [0.29, 0.717) is 41.8 Å². The number of pyridine rings is 2. The number of nitrogens with zero attached hydrogens (tertiary/aromatic N) is 3. The van der Waals surface area contributed by atoms with Crippen LogP contribution in [0.5, 0.6) is 0 Å². The smallest absolute Gasteiger partial charge is 0.255 e. The highest BCUT2D eigenvalue weighted by Crippen LogP contribution is 2.26. The molecule has 10 heteroatoms. The van der Waals surface area contributed by atoms with Crippen LogP contribution in [0.3, 0.4) is 0 Å². The SMILES string of the molecule is CCO[C@@H]1C[C@H](CC(=O)Nc2ccc(-n3ccccc3=O)cn2)N(C(O)Nc2ccc(Cl)cc2)C1. The zero-order valence-corrected chi connectivity index (χ0v) is 20.1. The second-order valence-electron chi connectivity index (χ2n) is 8.25. The van der Waals surface area contributed by atoms with E-state index in [0.717, 1.165) is 0 Å². The van der Waals surface area contributed by atoms with Gasteiger partial charge in [-0.05, 0) is 55.8 Å². The number of hydrogen-bond acceptors (Lipinski definition) is 7. The van der Waals surface area contributed by atoms with Crippen LogP contribution in [0.2, 0.25) is 5.02 Å². The van der Waals surface area contributed by atoms with Gasteiger partial charge in [-0.3, -0.25) is 19.1 Å². The summed E-state index contributed by atoms with van der Waals surface area (Å²) in [6, 6.07) is 15.1. The second-order valence-corrected chi connectivity index (χ2v) is 8.69. The van der Waals surface area contributed by atoms with Gasteiger partial charge in [-0.2, -0.15) is 0 Å². The minimum Gasteiger partial charge on any atom is -0.377 e. The van der Waals surface area contributed by atoms with Crippen molar-refractivity contribution in [3.05, 3.63) is 82.4 Å². The van der Waals surface area contributed by atoms with Crippen molar-refractivity contribution in [3.63, 3.8) is 0 Å². The molecule has 1 unspecified atom stereocenters. The summed E-state index contributed by atoms with van der Waals surface area (Å²) in [7, 11) is 0. The van der Waals surface area contributed by atoms with Gasteiger partial charge in [0, 0.05) is 48.6 Å². The van der Waals surface area contributed by atoms with E-state index in [4.69, 9.17) is 16.3 Å². The maximum atomic E-state index is 12.8. The van der Waals surface area contributed by atoms with E-state index in [2.05, 4.69) is 15.6 Å². The maximum absolute atomic E-state index is 12.8. The molecule has 0 bridgehead atoms. The number of likely N-dealkylation sites (tertiary alicyclic amines) is 1. The Kier molecular flexibility index (Phi) is 8.14. The van der Waals surface area contributed by atoms with Crippen LogP contribution in [-0.2, 0) is 9.53 Å². The summed E-state index contributed by atoms with van der Waals surface area (Å²) < 4.78 is 7.24. The lowest BCUT2D eigenvalue weighted by Gasteiger charge is -2.30. The van der Waals surface area contributed by atoms with Gasteiger partial charge in [0.1, 0.15) is 5.82 Å². The summed E-state index contributed by atoms with van der Waals surface area (Å²) in [4.78, 5) is 30.9. The van der Waals surface area contributed by atoms with Gasteiger partial charge in [-0.1, -0.05) is 17.7 Å². The Morgan fingerprint density at radius 3 is 2.71 bits per heavy atom. The van der Waals surface area contributed by atoms with E-state index in [1.165, 1.54) is 16.8 Å². The summed E-state index contributed by atoms with van der Waals surface area (Å²) in [5, 5.41) is 17.3. The Labute approximate surface area is 208 Å². The molecule has 1 saturated heterocycles. The molecule has 1 fully saturated rings. The third-order valence-corrected chi connectivity index (χ3v) is 6.06. The summed E-state index contributed by atoms with van der Waals surface area (Å²) in [5.41, 5.74) is 1.15. The fourth-order valence-corrected chi connectivity index (χ4v) is 4.31. The van der Waals surface area contributed by atoms with Gasteiger partial charge in [0.15, 0.2) is 6.35 Å². The third-order valence-electron chi connectivity index (χ3n) is 5.81. The molecule has 1 aliphatic rings. The number of nitrogens with one attached hydrogen (secondary N) is 2. The van der Waals surface area contributed by atoms with Crippen molar-refractivity contribution >= 4 is 29.0 Å². The maximum Gasteiger partial charge on any atom is 0.255 e. The number of halogens is 1. The van der Waals surface area contributed by atoms with Crippen molar-refractivity contribution in [1.29, 1.82) is 0 Å². The van der Waals surface area contributed by atoms with Crippen molar-refractivity contribution in [3.8, 4) is 5.69 Å². The van der Waals surface area contributed by atoms with E-state index in [9.17, 15) is 14.7 Å². The zero-order valence-electron chi connectivity index (χ0n) is 19.3. The van der Waals surface area contributed by atoms with Crippen molar-refractivity contribution in [2.45, 2.75) is 38.3 Å². The molecule has 3 heterocycles. The summed E-state index contributed by atoms with van der Waals surface area (Å²) in [6.07, 6.45) is 2.88. The van der Waals surface area contributed by atoms with E-state index in [1.54, 1.807) is 54.7 Å². The van der Waals surface area contributed by atoms with Gasteiger partial charge in [0.2, 0.25) is 5.91 Å². The van der Waals surface area contributed by atoms with Crippen LogP contribution in [0.1, 0.15) is 19.8 Å². The Balaban J connectivity index is 1.39. The van der Waals surface area contributed by atoms with Crippen LogP contribution in [-0.4, -0.2) is 57.1 Å². The predicted octanol–water partition coefficient (Wildman–Crippen LogP) is 3.08. The Morgan fingerprint density at radius 1 is 1.23 bits per heavy atom. The first-order valence-corrected chi connectivity index (χ1v) is 11.8. The van der Waals surface area contributed by atoms with Gasteiger partial charge < -0.3 is 20.5 Å². The van der Waals surface area contributed by atoms with E-state index in [-0.39, 0.29) is 30.0 Å². The molecule has 9 nitrogen and oxygen atoms in total. The number of aromatic nitrogens is 2. The lowest BCUT2D eigenvalue weighted by atomic mass is 10.1. The lowest BCUT2D eigenvalue weighted by molar-refractivity contribution is -0.117. The van der Waals surface area contributed by atoms with Crippen LogP contribution < -0.4 is 16.2 Å². The molecule has 0 radical (unpaired) electrons. The third kappa shape index (κ3) is 6.46. The standard InChI is InChI=1S/C25H28ClN5O4/c1-2-35-21-13-20(31(16-21)25(34)28-18-8-6-17(26)7-9-18)14-23(32)29-22-11-10-19(15-27-22)30-12-4-3-5-24(30)33/h3-12,15,20-21,25,28,34H,2,13-14,16H2,1H3,(H,27,29,32)/t20-,21-,25?/m1/s1. The number of amides is 1. The molecule has 4 rings (SSSR count). The number of rotatable bonds is 9. The molecule has 0 saturated carbocycles. The number of hydrogen-bond donors (Lipinski definition) is 3. The first-order chi connectivity index (χ1) is 16.9. The van der Waals surface area contributed by atoms with E-state index in [1.807, 2.05) is 11.8 Å². The molecule has 0 spiro atoms. The molecule has 0 aliphatic carbocycles. The minimum absolute atomic E-state index is 0.0824. The Bertz CT molecular complexity index is 1190. The van der Waals surface area contributed by atoms with Crippen molar-refractivity contribution in [2.24, 2.45) is 0 Å². The molecule has 2 aromatic heterocycles. The molecule has 3 atom stereocenters. The number of benzene rings is 1. The number of ether oxygens (including phenoxy) is 1. The fourth-order valence-electron chi connectivity index (χ4n) is 4.18. The average molecular weight is 498 g/mol. The quantitative estimate of drug-likeness (QED) is 0.390. The van der Waals surface area contributed by atoms with Crippen LogP contribution in [0, 0.1) is 0 Å². The van der Waals surface area contributed by atoms with Gasteiger partial charge in [-0.25, -0.2) is 4.98 Å². The summed E-state index contributed by atoms with van der Waals surface area (Å²) in [5.74, 6) is 0.154. The number of aliphatic hydroxyl groups excluding tert-OH is 1.